The first-order valence-electron chi connectivity index (χ1n) is 4.75. The quantitative estimate of drug-likeness (QED) is 0.714. The summed E-state index contributed by atoms with van der Waals surface area (Å²) in [6, 6.07) is 7.70. The second-order valence-corrected chi connectivity index (χ2v) is 3.44. The Labute approximate surface area is 78.2 Å². The molecule has 1 N–H and O–H groups in total. The van der Waals surface area contributed by atoms with Gasteiger partial charge in [-0.3, -0.25) is 0 Å². The van der Waals surface area contributed by atoms with Crippen molar-refractivity contribution in [3.63, 3.8) is 0 Å². The Balaban J connectivity index is 2.31. The van der Waals surface area contributed by atoms with Crippen LogP contribution in [0.3, 0.4) is 0 Å². The molecule has 1 aliphatic heterocycles. The summed E-state index contributed by atoms with van der Waals surface area (Å²) in [6.07, 6.45) is 1.48. The van der Waals surface area contributed by atoms with Crippen molar-refractivity contribution >= 4 is 0 Å². The van der Waals surface area contributed by atoms with Crippen LogP contribution in [-0.4, -0.2) is 11.2 Å². The highest BCUT2D eigenvalue weighted by Crippen LogP contribution is 2.34. The van der Waals surface area contributed by atoms with Crippen LogP contribution in [0.2, 0.25) is 0 Å². The van der Waals surface area contributed by atoms with Gasteiger partial charge in [-0.05, 0) is 12.5 Å². The normalized spacial score (nSPS) is 26.3. The number of hydrogen-bond acceptors (Lipinski definition) is 2. The third-order valence-corrected chi connectivity index (χ3v) is 2.51. The summed E-state index contributed by atoms with van der Waals surface area (Å²) in [4.78, 5) is 0. The molecule has 0 aromatic heterocycles. The molecule has 70 valence electrons. The van der Waals surface area contributed by atoms with Gasteiger partial charge in [-0.1, -0.05) is 25.1 Å². The predicted molar refractivity (Wildman–Crippen MR) is 50.7 cm³/mol. The molecule has 2 atom stereocenters. The summed E-state index contributed by atoms with van der Waals surface area (Å²) in [5, 5.41) is 9.78. The summed E-state index contributed by atoms with van der Waals surface area (Å²) >= 11 is 0. The lowest BCUT2D eigenvalue weighted by Crippen LogP contribution is -2.24. The van der Waals surface area contributed by atoms with Crippen molar-refractivity contribution in [3.8, 4) is 5.75 Å². The molecule has 2 heteroatoms. The smallest absolute Gasteiger partial charge is 0.125 e. The lowest BCUT2D eigenvalue weighted by Gasteiger charge is -2.28. The monoisotopic (exact) mass is 178 g/mol. The largest absolute Gasteiger partial charge is 0.490 e. The summed E-state index contributed by atoms with van der Waals surface area (Å²) in [5.41, 5.74) is 0.923. The number of aliphatic hydroxyl groups is 1. The van der Waals surface area contributed by atoms with Gasteiger partial charge in [0, 0.05) is 12.0 Å². The molecule has 1 heterocycles. The minimum absolute atomic E-state index is 0.171. The second-order valence-electron chi connectivity index (χ2n) is 3.44. The van der Waals surface area contributed by atoms with E-state index in [1.807, 2.05) is 24.3 Å². The third-order valence-electron chi connectivity index (χ3n) is 2.51. The zero-order valence-corrected chi connectivity index (χ0v) is 7.73. The topological polar surface area (TPSA) is 29.5 Å². The number of hydrogen-bond donors (Lipinski definition) is 1. The van der Waals surface area contributed by atoms with Gasteiger partial charge < -0.3 is 9.84 Å². The Hall–Kier alpha value is -1.02. The molecule has 0 bridgehead atoms. The van der Waals surface area contributed by atoms with Gasteiger partial charge in [0.05, 0.1) is 6.10 Å². The molecule has 0 radical (unpaired) electrons. The number of aliphatic hydroxyl groups excluding tert-OH is 1. The first-order valence-corrected chi connectivity index (χ1v) is 4.75. The molecule has 1 aromatic rings. The number of benzene rings is 1. The van der Waals surface area contributed by atoms with Gasteiger partial charge in [0.1, 0.15) is 11.9 Å². The molecule has 2 rings (SSSR count). The van der Waals surface area contributed by atoms with Crippen molar-refractivity contribution < 1.29 is 9.84 Å². The van der Waals surface area contributed by atoms with Crippen LogP contribution < -0.4 is 4.74 Å². The Morgan fingerprint density at radius 3 is 3.00 bits per heavy atom. The van der Waals surface area contributed by atoms with Crippen molar-refractivity contribution in [3.05, 3.63) is 29.8 Å². The van der Waals surface area contributed by atoms with Gasteiger partial charge in [-0.25, -0.2) is 0 Å². The summed E-state index contributed by atoms with van der Waals surface area (Å²) in [7, 11) is 0. The van der Waals surface area contributed by atoms with Crippen LogP contribution in [0.5, 0.6) is 5.75 Å². The van der Waals surface area contributed by atoms with Crippen LogP contribution in [0.4, 0.5) is 0 Å². The minimum atomic E-state index is -0.352. The van der Waals surface area contributed by atoms with E-state index in [0.29, 0.717) is 6.42 Å². The van der Waals surface area contributed by atoms with E-state index in [-0.39, 0.29) is 12.2 Å². The molecule has 0 fully saturated rings. The standard InChI is InChI=1S/C11H14O2/c1-2-8-7-10(12)9-5-3-4-6-11(9)13-8/h3-6,8,10,12H,2,7H2,1H3/t8-,10?/m1/s1. The van der Waals surface area contributed by atoms with Crippen molar-refractivity contribution in [1.29, 1.82) is 0 Å². The molecule has 2 nitrogen and oxygen atoms in total. The van der Waals surface area contributed by atoms with Gasteiger partial charge in [0.2, 0.25) is 0 Å². The van der Waals surface area contributed by atoms with E-state index in [9.17, 15) is 5.11 Å². The molecule has 0 spiro atoms. The van der Waals surface area contributed by atoms with Crippen molar-refractivity contribution in [1.82, 2.24) is 0 Å². The fourth-order valence-electron chi connectivity index (χ4n) is 1.72. The van der Waals surface area contributed by atoms with E-state index in [0.717, 1.165) is 17.7 Å². The Morgan fingerprint density at radius 2 is 2.23 bits per heavy atom. The van der Waals surface area contributed by atoms with Crippen molar-refractivity contribution in [2.45, 2.75) is 32.0 Å². The number of ether oxygens (including phenoxy) is 1. The molecule has 0 aliphatic carbocycles. The number of para-hydroxylation sites is 1. The average Bonchev–Trinajstić information content (AvgIpc) is 2.18. The second kappa shape index (κ2) is 3.38. The fourth-order valence-corrected chi connectivity index (χ4v) is 1.72. The molecular weight excluding hydrogens is 164 g/mol. The van der Waals surface area contributed by atoms with E-state index in [4.69, 9.17) is 4.74 Å². The summed E-state index contributed by atoms with van der Waals surface area (Å²) < 4.78 is 5.69. The van der Waals surface area contributed by atoms with Crippen LogP contribution >= 0.6 is 0 Å². The van der Waals surface area contributed by atoms with E-state index in [1.165, 1.54) is 0 Å². The van der Waals surface area contributed by atoms with Crippen molar-refractivity contribution in [2.75, 3.05) is 0 Å². The van der Waals surface area contributed by atoms with E-state index in [1.54, 1.807) is 0 Å². The Morgan fingerprint density at radius 1 is 1.46 bits per heavy atom. The van der Waals surface area contributed by atoms with E-state index in [2.05, 4.69) is 6.92 Å². The maximum atomic E-state index is 9.78. The highest BCUT2D eigenvalue weighted by atomic mass is 16.5. The van der Waals surface area contributed by atoms with E-state index >= 15 is 0 Å². The third kappa shape index (κ3) is 1.54. The lowest BCUT2D eigenvalue weighted by molar-refractivity contribution is 0.0643. The first-order chi connectivity index (χ1) is 6.31. The van der Waals surface area contributed by atoms with Crippen LogP contribution in [0, 0.1) is 0 Å². The zero-order chi connectivity index (χ0) is 9.26. The minimum Gasteiger partial charge on any atom is -0.490 e. The number of fused-ring (bicyclic) bond motifs is 1. The molecule has 1 unspecified atom stereocenters. The van der Waals surface area contributed by atoms with Gasteiger partial charge in [0.25, 0.3) is 0 Å². The molecule has 0 saturated heterocycles. The molecular formula is C11H14O2. The highest BCUT2D eigenvalue weighted by molar-refractivity contribution is 5.36. The van der Waals surface area contributed by atoms with E-state index < -0.39 is 0 Å². The van der Waals surface area contributed by atoms with Crippen LogP contribution in [-0.2, 0) is 0 Å². The van der Waals surface area contributed by atoms with Crippen LogP contribution in [0.15, 0.2) is 24.3 Å². The maximum Gasteiger partial charge on any atom is 0.125 e. The summed E-state index contributed by atoms with van der Waals surface area (Å²) in [6.45, 7) is 2.07. The Kier molecular flexibility index (Phi) is 2.23. The lowest BCUT2D eigenvalue weighted by atomic mass is 9.98. The average molecular weight is 178 g/mol. The molecule has 1 aliphatic rings. The maximum absolute atomic E-state index is 9.78. The van der Waals surface area contributed by atoms with Gasteiger partial charge in [-0.15, -0.1) is 0 Å². The first kappa shape index (κ1) is 8.57. The molecule has 0 saturated carbocycles. The SMILES string of the molecule is CC[C@@H]1CC(O)c2ccccc2O1. The van der Waals surface area contributed by atoms with Crippen LogP contribution in [0.25, 0.3) is 0 Å². The van der Waals surface area contributed by atoms with Crippen LogP contribution in [0.1, 0.15) is 31.4 Å². The number of rotatable bonds is 1. The molecule has 1 aromatic carbocycles. The highest BCUT2D eigenvalue weighted by Gasteiger charge is 2.24. The van der Waals surface area contributed by atoms with Gasteiger partial charge >= 0.3 is 0 Å². The summed E-state index contributed by atoms with van der Waals surface area (Å²) in [5.74, 6) is 0.841. The van der Waals surface area contributed by atoms with Gasteiger partial charge in [0.15, 0.2) is 0 Å². The molecule has 0 amide bonds. The Bertz CT molecular complexity index is 296. The fraction of sp³-hybridized carbons (Fsp3) is 0.455. The predicted octanol–water partition coefficient (Wildman–Crippen LogP) is 2.28. The van der Waals surface area contributed by atoms with Gasteiger partial charge in [-0.2, -0.15) is 0 Å². The molecule has 13 heavy (non-hydrogen) atoms. The van der Waals surface area contributed by atoms with Crippen molar-refractivity contribution in [2.24, 2.45) is 0 Å². The zero-order valence-electron chi connectivity index (χ0n) is 7.73.